The van der Waals surface area contributed by atoms with E-state index in [1.54, 1.807) is 0 Å². The lowest BCUT2D eigenvalue weighted by Crippen LogP contribution is -2.43. The van der Waals surface area contributed by atoms with Crippen molar-refractivity contribution in [3.05, 3.63) is 0 Å². The molecule has 0 fully saturated rings. The van der Waals surface area contributed by atoms with E-state index in [4.69, 9.17) is 9.47 Å². The van der Waals surface area contributed by atoms with Crippen LogP contribution in [0.15, 0.2) is 0 Å². The van der Waals surface area contributed by atoms with E-state index < -0.39 is 11.7 Å². The van der Waals surface area contributed by atoms with Gasteiger partial charge in [-0.3, -0.25) is 0 Å². The summed E-state index contributed by atoms with van der Waals surface area (Å²) in [4.78, 5) is 11.5. The van der Waals surface area contributed by atoms with Crippen LogP contribution in [-0.4, -0.2) is 44.5 Å². The largest absolute Gasteiger partial charge is 0.444 e. The Hall–Kier alpha value is -0.810. The molecule has 0 bridgehead atoms. The van der Waals surface area contributed by atoms with Crippen molar-refractivity contribution < 1.29 is 14.3 Å². The van der Waals surface area contributed by atoms with Gasteiger partial charge in [-0.25, -0.2) is 4.79 Å². The van der Waals surface area contributed by atoms with Gasteiger partial charge >= 0.3 is 6.09 Å². The van der Waals surface area contributed by atoms with Crippen molar-refractivity contribution in [1.82, 2.24) is 10.6 Å². The molecule has 0 aromatic rings. The predicted octanol–water partition coefficient (Wildman–Crippen LogP) is 1.92. The summed E-state index contributed by atoms with van der Waals surface area (Å²) in [5.41, 5.74) is -0.461. The number of likely N-dealkylation sites (N-methyl/N-ethyl adjacent to an activating group) is 1. The summed E-state index contributed by atoms with van der Waals surface area (Å²) in [6, 6.07) is 0.106. The minimum Gasteiger partial charge on any atom is -0.444 e. The van der Waals surface area contributed by atoms with Gasteiger partial charge in [-0.15, -0.1) is 0 Å². The molecule has 0 aliphatic heterocycles. The van der Waals surface area contributed by atoms with E-state index in [0.29, 0.717) is 13.2 Å². The van der Waals surface area contributed by atoms with Gasteiger partial charge in [-0.1, -0.05) is 13.3 Å². The molecule has 0 heterocycles. The Kier molecular flexibility index (Phi) is 8.75. The molecule has 2 N–H and O–H groups in total. The first kappa shape index (κ1) is 17.2. The van der Waals surface area contributed by atoms with Crippen LogP contribution in [-0.2, 0) is 9.47 Å². The number of hydrogen-bond donors (Lipinski definition) is 2. The zero-order valence-corrected chi connectivity index (χ0v) is 12.3. The van der Waals surface area contributed by atoms with Crippen LogP contribution in [0.25, 0.3) is 0 Å². The van der Waals surface area contributed by atoms with E-state index in [1.165, 1.54) is 0 Å². The zero-order valence-electron chi connectivity index (χ0n) is 12.3. The standard InChI is InChI=1S/C13H28N2O3/c1-6-7-8-17-10-11(14-5)9-15-12(16)18-13(2,3)4/h11,14H,6-10H2,1-5H3,(H,15,16). The second-order valence-electron chi connectivity index (χ2n) is 5.30. The maximum absolute atomic E-state index is 11.5. The molecule has 0 aromatic carbocycles. The summed E-state index contributed by atoms with van der Waals surface area (Å²) in [5, 5.41) is 5.83. The Balaban J connectivity index is 3.75. The molecular weight excluding hydrogens is 232 g/mol. The van der Waals surface area contributed by atoms with Gasteiger partial charge in [0.1, 0.15) is 5.60 Å². The fourth-order valence-electron chi connectivity index (χ4n) is 1.24. The SMILES string of the molecule is CCCCOCC(CNC(=O)OC(C)(C)C)NC. The smallest absolute Gasteiger partial charge is 0.407 e. The number of nitrogens with one attached hydrogen (secondary N) is 2. The third-order valence-corrected chi connectivity index (χ3v) is 2.26. The minimum atomic E-state index is -0.461. The number of rotatable bonds is 8. The predicted molar refractivity (Wildman–Crippen MR) is 72.8 cm³/mol. The molecule has 0 rings (SSSR count). The van der Waals surface area contributed by atoms with E-state index in [2.05, 4.69) is 17.6 Å². The average molecular weight is 260 g/mol. The number of alkyl carbamates (subject to hydrolysis) is 1. The van der Waals surface area contributed by atoms with Gasteiger partial charge in [0.2, 0.25) is 0 Å². The van der Waals surface area contributed by atoms with Crippen molar-refractivity contribution in [3.8, 4) is 0 Å². The van der Waals surface area contributed by atoms with Crippen LogP contribution in [0.1, 0.15) is 40.5 Å². The maximum atomic E-state index is 11.5. The second-order valence-corrected chi connectivity index (χ2v) is 5.30. The highest BCUT2D eigenvalue weighted by molar-refractivity contribution is 5.67. The van der Waals surface area contributed by atoms with Gasteiger partial charge in [0, 0.05) is 19.2 Å². The first-order valence-electron chi connectivity index (χ1n) is 6.61. The topological polar surface area (TPSA) is 59.6 Å². The molecule has 1 amide bonds. The fraction of sp³-hybridized carbons (Fsp3) is 0.923. The van der Waals surface area contributed by atoms with Gasteiger partial charge in [-0.05, 0) is 34.2 Å². The number of hydrogen-bond acceptors (Lipinski definition) is 4. The molecule has 0 aromatic heterocycles. The third kappa shape index (κ3) is 10.4. The zero-order chi connectivity index (χ0) is 14.0. The van der Waals surface area contributed by atoms with E-state index in [1.807, 2.05) is 27.8 Å². The van der Waals surface area contributed by atoms with E-state index in [9.17, 15) is 4.79 Å². The van der Waals surface area contributed by atoms with Gasteiger partial charge in [0.15, 0.2) is 0 Å². The summed E-state index contributed by atoms with van der Waals surface area (Å²) in [6.45, 7) is 9.51. The Morgan fingerprint density at radius 2 is 2.00 bits per heavy atom. The van der Waals surface area contributed by atoms with E-state index in [-0.39, 0.29) is 6.04 Å². The van der Waals surface area contributed by atoms with Crippen LogP contribution >= 0.6 is 0 Å². The number of carbonyl (C=O) groups excluding carboxylic acids is 1. The first-order chi connectivity index (χ1) is 8.39. The number of unbranched alkanes of at least 4 members (excludes halogenated alkanes) is 1. The van der Waals surface area contributed by atoms with Crippen molar-refractivity contribution in [1.29, 1.82) is 0 Å². The highest BCUT2D eigenvalue weighted by Crippen LogP contribution is 2.06. The Labute approximate surface area is 111 Å². The van der Waals surface area contributed by atoms with Crippen LogP contribution in [0, 0.1) is 0 Å². The van der Waals surface area contributed by atoms with Crippen molar-refractivity contribution >= 4 is 6.09 Å². The van der Waals surface area contributed by atoms with Crippen molar-refractivity contribution in [2.24, 2.45) is 0 Å². The quantitative estimate of drug-likeness (QED) is 0.655. The number of ether oxygens (including phenoxy) is 2. The number of carbonyl (C=O) groups is 1. The molecular formula is C13H28N2O3. The van der Waals surface area contributed by atoms with E-state index >= 15 is 0 Å². The highest BCUT2D eigenvalue weighted by atomic mass is 16.6. The molecule has 1 atom stereocenters. The molecule has 0 saturated heterocycles. The molecule has 108 valence electrons. The summed E-state index contributed by atoms with van der Waals surface area (Å²) in [6.07, 6.45) is 1.80. The van der Waals surface area contributed by atoms with Crippen LogP contribution < -0.4 is 10.6 Å². The average Bonchev–Trinajstić information content (AvgIpc) is 2.26. The molecule has 1 unspecified atom stereocenters. The summed E-state index contributed by atoms with van der Waals surface area (Å²) < 4.78 is 10.7. The summed E-state index contributed by atoms with van der Waals surface area (Å²) in [5.74, 6) is 0. The molecule has 5 heteroatoms. The Morgan fingerprint density at radius 1 is 1.33 bits per heavy atom. The molecule has 0 saturated carbocycles. The minimum absolute atomic E-state index is 0.106. The first-order valence-corrected chi connectivity index (χ1v) is 6.61. The van der Waals surface area contributed by atoms with Crippen molar-refractivity contribution in [2.45, 2.75) is 52.2 Å². The maximum Gasteiger partial charge on any atom is 0.407 e. The van der Waals surface area contributed by atoms with Crippen molar-refractivity contribution in [2.75, 3.05) is 26.8 Å². The Morgan fingerprint density at radius 3 is 2.50 bits per heavy atom. The molecule has 0 aliphatic carbocycles. The molecule has 0 spiro atoms. The van der Waals surface area contributed by atoms with Crippen LogP contribution in [0.3, 0.4) is 0 Å². The number of amides is 1. The van der Waals surface area contributed by atoms with Crippen LogP contribution in [0.5, 0.6) is 0 Å². The Bertz CT molecular complexity index is 227. The van der Waals surface area contributed by atoms with Crippen LogP contribution in [0.4, 0.5) is 4.79 Å². The normalized spacial score (nSPS) is 13.2. The summed E-state index contributed by atoms with van der Waals surface area (Å²) in [7, 11) is 1.85. The lowest BCUT2D eigenvalue weighted by molar-refractivity contribution is 0.0507. The van der Waals surface area contributed by atoms with Crippen LogP contribution in [0.2, 0.25) is 0 Å². The van der Waals surface area contributed by atoms with E-state index in [0.717, 1.165) is 19.4 Å². The highest BCUT2D eigenvalue weighted by Gasteiger charge is 2.16. The molecule has 5 nitrogen and oxygen atoms in total. The fourth-order valence-corrected chi connectivity index (χ4v) is 1.24. The lowest BCUT2D eigenvalue weighted by Gasteiger charge is -2.21. The van der Waals surface area contributed by atoms with Gasteiger partial charge in [-0.2, -0.15) is 0 Å². The molecule has 18 heavy (non-hydrogen) atoms. The summed E-state index contributed by atoms with van der Waals surface area (Å²) >= 11 is 0. The van der Waals surface area contributed by atoms with Gasteiger partial charge in [0.25, 0.3) is 0 Å². The monoisotopic (exact) mass is 260 g/mol. The van der Waals surface area contributed by atoms with Gasteiger partial charge < -0.3 is 20.1 Å². The molecule has 0 radical (unpaired) electrons. The third-order valence-electron chi connectivity index (χ3n) is 2.26. The molecule has 0 aliphatic rings. The lowest BCUT2D eigenvalue weighted by atomic mass is 10.2. The van der Waals surface area contributed by atoms with Gasteiger partial charge in [0.05, 0.1) is 6.61 Å². The second kappa shape index (κ2) is 9.16. The van der Waals surface area contributed by atoms with Crippen molar-refractivity contribution in [3.63, 3.8) is 0 Å².